The number of aromatic nitrogens is 2. The van der Waals surface area contributed by atoms with E-state index in [0.717, 1.165) is 12.8 Å². The SMILES string of the molecule is COc1ccc(NC(=O)C2(C)CC2)c2nonc12. The van der Waals surface area contributed by atoms with Crippen LogP contribution in [-0.2, 0) is 4.79 Å². The molecule has 1 aliphatic carbocycles. The van der Waals surface area contributed by atoms with Crippen molar-refractivity contribution in [2.24, 2.45) is 5.41 Å². The maximum absolute atomic E-state index is 12.0. The third kappa shape index (κ3) is 1.61. The lowest BCUT2D eigenvalue weighted by Gasteiger charge is -2.10. The minimum Gasteiger partial charge on any atom is -0.494 e. The van der Waals surface area contributed by atoms with Crippen molar-refractivity contribution in [2.75, 3.05) is 12.4 Å². The number of nitrogens with zero attached hydrogens (tertiary/aromatic N) is 2. The van der Waals surface area contributed by atoms with Gasteiger partial charge in [0.25, 0.3) is 0 Å². The monoisotopic (exact) mass is 247 g/mol. The summed E-state index contributed by atoms with van der Waals surface area (Å²) in [6.45, 7) is 1.95. The van der Waals surface area contributed by atoms with E-state index in [1.165, 1.54) is 0 Å². The molecule has 6 heteroatoms. The lowest BCUT2D eigenvalue weighted by molar-refractivity contribution is -0.120. The Bertz CT molecular complexity index is 616. The van der Waals surface area contributed by atoms with Crippen LogP contribution >= 0.6 is 0 Å². The molecule has 0 atom stereocenters. The molecule has 1 N–H and O–H groups in total. The predicted octanol–water partition coefficient (Wildman–Crippen LogP) is 1.97. The van der Waals surface area contributed by atoms with Gasteiger partial charge < -0.3 is 10.1 Å². The maximum atomic E-state index is 12.0. The first-order valence-corrected chi connectivity index (χ1v) is 5.75. The van der Waals surface area contributed by atoms with Crippen LogP contribution < -0.4 is 10.1 Å². The number of methoxy groups -OCH3 is 1. The zero-order valence-electron chi connectivity index (χ0n) is 10.2. The molecule has 0 unspecified atom stereocenters. The molecule has 94 valence electrons. The van der Waals surface area contributed by atoms with Crippen LogP contribution in [-0.4, -0.2) is 23.3 Å². The van der Waals surface area contributed by atoms with Gasteiger partial charge in [0.05, 0.1) is 12.8 Å². The number of hydrogen-bond donors (Lipinski definition) is 1. The number of ether oxygens (including phenoxy) is 1. The number of rotatable bonds is 3. The second kappa shape index (κ2) is 3.69. The molecule has 1 saturated carbocycles. The number of fused-ring (bicyclic) bond motifs is 1. The fourth-order valence-corrected chi connectivity index (χ4v) is 1.80. The van der Waals surface area contributed by atoms with E-state index in [9.17, 15) is 4.79 Å². The number of anilines is 1. The first-order chi connectivity index (χ1) is 8.64. The topological polar surface area (TPSA) is 77.2 Å². The Balaban J connectivity index is 1.97. The molecule has 0 aliphatic heterocycles. The summed E-state index contributed by atoms with van der Waals surface area (Å²) in [5.41, 5.74) is 1.39. The summed E-state index contributed by atoms with van der Waals surface area (Å²) >= 11 is 0. The molecule has 0 radical (unpaired) electrons. The molecule has 1 fully saturated rings. The number of amides is 1. The maximum Gasteiger partial charge on any atom is 0.230 e. The van der Waals surface area contributed by atoms with Crippen LogP contribution in [0.25, 0.3) is 11.0 Å². The molecule has 2 aromatic rings. The quantitative estimate of drug-likeness (QED) is 0.897. The Hall–Kier alpha value is -2.11. The molecule has 1 aliphatic rings. The van der Waals surface area contributed by atoms with E-state index in [2.05, 4.69) is 15.6 Å². The van der Waals surface area contributed by atoms with Gasteiger partial charge in [-0.05, 0) is 35.3 Å². The number of hydrogen-bond acceptors (Lipinski definition) is 5. The lowest BCUT2D eigenvalue weighted by atomic mass is 10.1. The van der Waals surface area contributed by atoms with Crippen LogP contribution in [0.3, 0.4) is 0 Å². The molecular weight excluding hydrogens is 234 g/mol. The third-order valence-electron chi connectivity index (χ3n) is 3.39. The normalized spacial score (nSPS) is 16.6. The molecule has 6 nitrogen and oxygen atoms in total. The average molecular weight is 247 g/mol. The van der Waals surface area contributed by atoms with Gasteiger partial charge in [-0.3, -0.25) is 4.79 Å². The molecule has 3 rings (SSSR count). The van der Waals surface area contributed by atoms with Gasteiger partial charge in [-0.25, -0.2) is 4.63 Å². The molecular formula is C12H13N3O3. The standard InChI is InChI=1S/C12H13N3O3/c1-12(5-6-12)11(16)13-7-3-4-8(17-2)10-9(7)14-18-15-10/h3-4H,5-6H2,1-2H3,(H,13,16). The van der Waals surface area contributed by atoms with Crippen molar-refractivity contribution in [3.63, 3.8) is 0 Å². The Labute approximate surface area is 103 Å². The number of carbonyl (C=O) groups is 1. The first kappa shape index (κ1) is 11.0. The van der Waals surface area contributed by atoms with E-state index in [1.807, 2.05) is 6.92 Å². The Morgan fingerprint density at radius 2 is 2.11 bits per heavy atom. The van der Waals surface area contributed by atoms with Crippen LogP contribution in [0, 0.1) is 5.41 Å². The van der Waals surface area contributed by atoms with Crippen molar-refractivity contribution in [3.8, 4) is 5.75 Å². The van der Waals surface area contributed by atoms with Crippen molar-refractivity contribution in [3.05, 3.63) is 12.1 Å². The Morgan fingerprint density at radius 1 is 1.39 bits per heavy atom. The summed E-state index contributed by atoms with van der Waals surface area (Å²) in [5.74, 6) is 0.582. The van der Waals surface area contributed by atoms with E-state index in [-0.39, 0.29) is 11.3 Å². The molecule has 0 bridgehead atoms. The van der Waals surface area contributed by atoms with Crippen LogP contribution in [0.2, 0.25) is 0 Å². The van der Waals surface area contributed by atoms with Crippen molar-refractivity contribution >= 4 is 22.6 Å². The summed E-state index contributed by atoms with van der Waals surface area (Å²) in [6, 6.07) is 3.48. The van der Waals surface area contributed by atoms with Gasteiger partial charge in [-0.1, -0.05) is 6.92 Å². The van der Waals surface area contributed by atoms with Crippen LogP contribution in [0.15, 0.2) is 16.8 Å². The fourth-order valence-electron chi connectivity index (χ4n) is 1.80. The van der Waals surface area contributed by atoms with E-state index >= 15 is 0 Å². The molecule has 1 heterocycles. The van der Waals surface area contributed by atoms with E-state index in [4.69, 9.17) is 9.37 Å². The van der Waals surface area contributed by atoms with Gasteiger partial charge in [-0.2, -0.15) is 0 Å². The highest BCUT2D eigenvalue weighted by atomic mass is 16.6. The second-order valence-corrected chi connectivity index (χ2v) is 4.79. The Kier molecular flexibility index (Phi) is 2.26. The highest BCUT2D eigenvalue weighted by Crippen LogP contribution is 2.46. The molecule has 1 amide bonds. The fraction of sp³-hybridized carbons (Fsp3) is 0.417. The molecule has 1 aromatic carbocycles. The Morgan fingerprint density at radius 3 is 2.78 bits per heavy atom. The highest BCUT2D eigenvalue weighted by Gasteiger charge is 2.45. The third-order valence-corrected chi connectivity index (χ3v) is 3.39. The zero-order chi connectivity index (χ0) is 12.8. The van der Waals surface area contributed by atoms with Crippen molar-refractivity contribution < 1.29 is 14.2 Å². The summed E-state index contributed by atoms with van der Waals surface area (Å²) in [5, 5.41) is 10.4. The van der Waals surface area contributed by atoms with Gasteiger partial charge >= 0.3 is 0 Å². The minimum atomic E-state index is -0.233. The van der Waals surface area contributed by atoms with Crippen molar-refractivity contribution in [1.29, 1.82) is 0 Å². The molecule has 0 saturated heterocycles. The second-order valence-electron chi connectivity index (χ2n) is 4.79. The first-order valence-electron chi connectivity index (χ1n) is 5.75. The summed E-state index contributed by atoms with van der Waals surface area (Å²) in [7, 11) is 1.55. The van der Waals surface area contributed by atoms with E-state index in [0.29, 0.717) is 22.5 Å². The van der Waals surface area contributed by atoms with Crippen LogP contribution in [0.4, 0.5) is 5.69 Å². The smallest absolute Gasteiger partial charge is 0.230 e. The molecule has 0 spiro atoms. The van der Waals surface area contributed by atoms with Gasteiger partial charge in [0.15, 0.2) is 16.8 Å². The number of nitrogens with one attached hydrogen (secondary N) is 1. The minimum absolute atomic E-state index is 0.0111. The van der Waals surface area contributed by atoms with Gasteiger partial charge in [0.1, 0.15) is 0 Å². The van der Waals surface area contributed by atoms with E-state index < -0.39 is 0 Å². The summed E-state index contributed by atoms with van der Waals surface area (Å²) in [4.78, 5) is 12.0. The largest absolute Gasteiger partial charge is 0.494 e. The summed E-state index contributed by atoms with van der Waals surface area (Å²) < 4.78 is 9.85. The van der Waals surface area contributed by atoms with Gasteiger partial charge in [0, 0.05) is 5.41 Å². The summed E-state index contributed by atoms with van der Waals surface area (Å²) in [6.07, 6.45) is 1.85. The molecule has 18 heavy (non-hydrogen) atoms. The van der Waals surface area contributed by atoms with Crippen molar-refractivity contribution in [1.82, 2.24) is 10.3 Å². The lowest BCUT2D eigenvalue weighted by Crippen LogP contribution is -2.21. The van der Waals surface area contributed by atoms with Gasteiger partial charge in [-0.15, -0.1) is 0 Å². The highest BCUT2D eigenvalue weighted by molar-refractivity contribution is 6.03. The van der Waals surface area contributed by atoms with Crippen LogP contribution in [0.1, 0.15) is 19.8 Å². The number of benzene rings is 1. The van der Waals surface area contributed by atoms with E-state index in [1.54, 1.807) is 19.2 Å². The van der Waals surface area contributed by atoms with Crippen LogP contribution in [0.5, 0.6) is 5.75 Å². The van der Waals surface area contributed by atoms with Gasteiger partial charge in [0.2, 0.25) is 5.91 Å². The number of carbonyl (C=O) groups excluding carboxylic acids is 1. The molecule has 1 aromatic heterocycles. The zero-order valence-corrected chi connectivity index (χ0v) is 10.2. The predicted molar refractivity (Wildman–Crippen MR) is 64.3 cm³/mol. The average Bonchev–Trinajstić information content (AvgIpc) is 2.93. The van der Waals surface area contributed by atoms with Crippen molar-refractivity contribution in [2.45, 2.75) is 19.8 Å².